The molecule has 0 aliphatic carbocycles. The average molecular weight is 350 g/mol. The summed E-state index contributed by atoms with van der Waals surface area (Å²) in [6, 6.07) is 5.00. The van der Waals surface area contributed by atoms with Crippen molar-refractivity contribution in [3.63, 3.8) is 0 Å². The topological polar surface area (TPSA) is 72.3 Å². The van der Waals surface area contributed by atoms with E-state index in [0.29, 0.717) is 29.6 Å². The zero-order valence-electron chi connectivity index (χ0n) is 13.8. The van der Waals surface area contributed by atoms with Crippen molar-refractivity contribution in [2.24, 2.45) is 0 Å². The lowest BCUT2D eigenvalue weighted by atomic mass is 10.3. The van der Waals surface area contributed by atoms with Crippen molar-refractivity contribution < 1.29 is 9.53 Å². The van der Waals surface area contributed by atoms with E-state index in [0.717, 1.165) is 31.0 Å². The molecule has 7 nitrogen and oxygen atoms in total. The van der Waals surface area contributed by atoms with Gasteiger partial charge in [0, 0.05) is 20.0 Å². The molecule has 128 valence electrons. The molecule has 1 aromatic heterocycles. The number of para-hydroxylation sites is 1. The van der Waals surface area contributed by atoms with Crippen LogP contribution in [-0.2, 0) is 19.5 Å². The van der Waals surface area contributed by atoms with Gasteiger partial charge in [0.25, 0.3) is 0 Å². The number of aryl methyl sites for hydroxylation is 1. The van der Waals surface area contributed by atoms with E-state index in [4.69, 9.17) is 16.3 Å². The van der Waals surface area contributed by atoms with Gasteiger partial charge in [0.15, 0.2) is 11.6 Å². The second-order valence-corrected chi connectivity index (χ2v) is 6.03. The molecule has 1 aliphatic rings. The van der Waals surface area contributed by atoms with Crippen LogP contribution in [0.2, 0.25) is 5.02 Å². The Morgan fingerprint density at radius 1 is 1.46 bits per heavy atom. The average Bonchev–Trinajstić information content (AvgIpc) is 3.15. The SMILES string of the molecule is CCOc1c(Cl)cccc1NC(=O)N(C)Cc1nnc2n1CCC2. The molecule has 0 saturated carbocycles. The number of hydrogen-bond donors (Lipinski definition) is 1. The lowest BCUT2D eigenvalue weighted by Crippen LogP contribution is -2.32. The van der Waals surface area contributed by atoms with Crippen molar-refractivity contribution >= 4 is 23.3 Å². The van der Waals surface area contributed by atoms with E-state index in [9.17, 15) is 4.79 Å². The van der Waals surface area contributed by atoms with Crippen LogP contribution in [0.4, 0.5) is 10.5 Å². The molecular weight excluding hydrogens is 330 g/mol. The Kier molecular flexibility index (Phi) is 4.89. The minimum absolute atomic E-state index is 0.256. The van der Waals surface area contributed by atoms with E-state index in [1.807, 2.05) is 6.92 Å². The fourth-order valence-corrected chi connectivity index (χ4v) is 2.95. The molecule has 24 heavy (non-hydrogen) atoms. The molecule has 1 aromatic carbocycles. The lowest BCUT2D eigenvalue weighted by Gasteiger charge is -2.19. The third-order valence-electron chi connectivity index (χ3n) is 3.91. The van der Waals surface area contributed by atoms with Crippen molar-refractivity contribution in [1.29, 1.82) is 0 Å². The van der Waals surface area contributed by atoms with Gasteiger partial charge in [-0.3, -0.25) is 0 Å². The largest absolute Gasteiger partial charge is 0.490 e. The van der Waals surface area contributed by atoms with Crippen LogP contribution in [0.25, 0.3) is 0 Å². The minimum Gasteiger partial charge on any atom is -0.490 e. The predicted octanol–water partition coefficient (Wildman–Crippen LogP) is 2.94. The van der Waals surface area contributed by atoms with Crippen molar-refractivity contribution in [3.8, 4) is 5.75 Å². The van der Waals surface area contributed by atoms with Crippen molar-refractivity contribution in [2.75, 3.05) is 19.0 Å². The minimum atomic E-state index is -0.256. The number of nitrogens with zero attached hydrogens (tertiary/aromatic N) is 4. The summed E-state index contributed by atoms with van der Waals surface area (Å²) < 4.78 is 7.60. The Morgan fingerprint density at radius 2 is 2.29 bits per heavy atom. The molecule has 0 fully saturated rings. The molecule has 1 aliphatic heterocycles. The highest BCUT2D eigenvalue weighted by Gasteiger charge is 2.20. The first-order valence-corrected chi connectivity index (χ1v) is 8.32. The fourth-order valence-electron chi connectivity index (χ4n) is 2.72. The number of carbonyl (C=O) groups is 1. The van der Waals surface area contributed by atoms with E-state index in [-0.39, 0.29) is 6.03 Å². The standard InChI is InChI=1S/C16H20ClN5O2/c1-3-24-15-11(17)6-4-7-12(15)18-16(23)21(2)10-14-20-19-13-8-5-9-22(13)14/h4,6-7H,3,5,8-10H2,1-2H3,(H,18,23). The summed E-state index contributed by atoms with van der Waals surface area (Å²) in [5, 5.41) is 11.6. The van der Waals surface area contributed by atoms with Crippen molar-refractivity contribution in [3.05, 3.63) is 34.9 Å². The maximum absolute atomic E-state index is 12.5. The summed E-state index contributed by atoms with van der Waals surface area (Å²) in [5.74, 6) is 2.27. The van der Waals surface area contributed by atoms with Crippen LogP contribution in [0.5, 0.6) is 5.75 Å². The molecule has 0 atom stereocenters. The number of rotatable bonds is 5. The summed E-state index contributed by atoms with van der Waals surface area (Å²) in [6.07, 6.45) is 2.02. The number of anilines is 1. The molecule has 0 bridgehead atoms. The molecule has 3 rings (SSSR count). The summed E-state index contributed by atoms with van der Waals surface area (Å²) in [6.45, 7) is 3.64. The number of halogens is 1. The van der Waals surface area contributed by atoms with Gasteiger partial charge in [0.2, 0.25) is 0 Å². The molecule has 2 aromatic rings. The van der Waals surface area contributed by atoms with Gasteiger partial charge in [-0.25, -0.2) is 4.79 Å². The maximum atomic E-state index is 12.5. The molecule has 2 heterocycles. The van der Waals surface area contributed by atoms with Gasteiger partial charge in [-0.2, -0.15) is 0 Å². The number of ether oxygens (including phenoxy) is 1. The zero-order chi connectivity index (χ0) is 17.1. The van der Waals surface area contributed by atoms with Gasteiger partial charge >= 0.3 is 6.03 Å². The highest BCUT2D eigenvalue weighted by Crippen LogP contribution is 2.33. The Labute approximate surface area is 145 Å². The number of nitrogens with one attached hydrogen (secondary N) is 1. The van der Waals surface area contributed by atoms with Crippen molar-refractivity contribution in [1.82, 2.24) is 19.7 Å². The normalized spacial score (nSPS) is 12.8. The Bertz CT molecular complexity index is 746. The number of fused-ring (bicyclic) bond motifs is 1. The van der Waals surface area contributed by atoms with Gasteiger partial charge in [0.1, 0.15) is 5.82 Å². The molecule has 2 amide bonds. The lowest BCUT2D eigenvalue weighted by molar-refractivity contribution is 0.218. The van der Waals surface area contributed by atoms with E-state index in [1.165, 1.54) is 0 Å². The second kappa shape index (κ2) is 7.09. The Balaban J connectivity index is 1.69. The first-order valence-electron chi connectivity index (χ1n) is 7.94. The summed E-state index contributed by atoms with van der Waals surface area (Å²) in [7, 11) is 1.72. The molecular formula is C16H20ClN5O2. The maximum Gasteiger partial charge on any atom is 0.322 e. The van der Waals surface area contributed by atoms with Gasteiger partial charge < -0.3 is 19.5 Å². The number of carbonyl (C=O) groups excluding carboxylic acids is 1. The first kappa shape index (κ1) is 16.6. The summed E-state index contributed by atoms with van der Waals surface area (Å²) >= 11 is 6.14. The van der Waals surface area contributed by atoms with E-state index in [1.54, 1.807) is 30.1 Å². The molecule has 1 N–H and O–H groups in total. The monoisotopic (exact) mass is 349 g/mol. The number of urea groups is 1. The Hall–Kier alpha value is -2.28. The van der Waals surface area contributed by atoms with Crippen LogP contribution in [0, 0.1) is 0 Å². The third kappa shape index (κ3) is 3.31. The highest BCUT2D eigenvalue weighted by atomic mass is 35.5. The fraction of sp³-hybridized carbons (Fsp3) is 0.438. The number of hydrogen-bond acceptors (Lipinski definition) is 4. The van der Waals surface area contributed by atoms with Crippen LogP contribution in [0.15, 0.2) is 18.2 Å². The number of aromatic nitrogens is 3. The number of amides is 2. The molecule has 0 spiro atoms. The summed E-state index contributed by atoms with van der Waals surface area (Å²) in [4.78, 5) is 14.0. The van der Waals surface area contributed by atoms with Gasteiger partial charge in [-0.05, 0) is 25.5 Å². The third-order valence-corrected chi connectivity index (χ3v) is 4.21. The zero-order valence-corrected chi connectivity index (χ0v) is 14.5. The second-order valence-electron chi connectivity index (χ2n) is 5.62. The molecule has 0 saturated heterocycles. The first-order chi connectivity index (χ1) is 11.6. The van der Waals surface area contributed by atoms with Crippen LogP contribution >= 0.6 is 11.6 Å². The van der Waals surface area contributed by atoms with Gasteiger partial charge in [0.05, 0.1) is 23.9 Å². The molecule has 0 unspecified atom stereocenters. The van der Waals surface area contributed by atoms with Gasteiger partial charge in [-0.15, -0.1) is 10.2 Å². The van der Waals surface area contributed by atoms with Crippen molar-refractivity contribution in [2.45, 2.75) is 32.9 Å². The van der Waals surface area contributed by atoms with Gasteiger partial charge in [-0.1, -0.05) is 17.7 Å². The van der Waals surface area contributed by atoms with E-state index < -0.39 is 0 Å². The Morgan fingerprint density at radius 3 is 3.08 bits per heavy atom. The molecule has 8 heteroatoms. The van der Waals surface area contributed by atoms with Crippen LogP contribution in [-0.4, -0.2) is 39.4 Å². The quantitative estimate of drug-likeness (QED) is 0.900. The van der Waals surface area contributed by atoms with E-state index >= 15 is 0 Å². The molecule has 0 radical (unpaired) electrons. The predicted molar refractivity (Wildman–Crippen MR) is 91.4 cm³/mol. The van der Waals surface area contributed by atoms with Crippen LogP contribution in [0.1, 0.15) is 25.0 Å². The summed E-state index contributed by atoms with van der Waals surface area (Å²) in [5.41, 5.74) is 0.549. The number of benzene rings is 1. The van der Waals surface area contributed by atoms with Crippen LogP contribution in [0.3, 0.4) is 0 Å². The smallest absolute Gasteiger partial charge is 0.322 e. The van der Waals surface area contributed by atoms with Crippen LogP contribution < -0.4 is 10.1 Å². The highest BCUT2D eigenvalue weighted by molar-refractivity contribution is 6.32. The van der Waals surface area contributed by atoms with E-state index in [2.05, 4.69) is 20.1 Å².